The van der Waals surface area contributed by atoms with Gasteiger partial charge in [-0.15, -0.1) is 0 Å². The Morgan fingerprint density at radius 2 is 0.962 bits per heavy atom. The van der Waals surface area contributed by atoms with Gasteiger partial charge in [-0.25, -0.2) is 9.97 Å². The van der Waals surface area contributed by atoms with Crippen molar-refractivity contribution in [2.45, 2.75) is 5.92 Å². The summed E-state index contributed by atoms with van der Waals surface area (Å²) in [6, 6.07) is -20.0. The summed E-state index contributed by atoms with van der Waals surface area (Å²) in [5, 5.41) is 0.447. The number of rotatable bonds is 7. The van der Waals surface area contributed by atoms with E-state index in [1.54, 1.807) is 24.3 Å². The third-order valence-electron chi connectivity index (χ3n) is 8.23. The molecule has 0 unspecified atom stereocenters. The highest BCUT2D eigenvalue weighted by atomic mass is 16.3. The maximum absolute atomic E-state index is 10.3. The summed E-state index contributed by atoms with van der Waals surface area (Å²) in [4.78, 5) is 9.86. The summed E-state index contributed by atoms with van der Waals surface area (Å²) in [5.41, 5.74) is -7.88. The highest BCUT2D eigenvalue weighted by Crippen LogP contribution is 2.53. The number of fused-ring (bicyclic) bond motifs is 6. The van der Waals surface area contributed by atoms with Gasteiger partial charge in [-0.05, 0) is 107 Å². The van der Waals surface area contributed by atoms with Gasteiger partial charge >= 0.3 is 0 Å². The molecule has 0 spiro atoms. The maximum atomic E-state index is 10.3. The Hall–Kier alpha value is -6.98. The van der Waals surface area contributed by atoms with Crippen LogP contribution in [0.3, 0.4) is 0 Å². The first-order chi connectivity index (χ1) is 36.6. The lowest BCUT2D eigenvalue weighted by atomic mass is 9.92. The molecule has 5 heteroatoms. The molecule has 1 aliphatic carbocycles. The van der Waals surface area contributed by atoms with Crippen LogP contribution < -0.4 is 9.80 Å². The highest BCUT2D eigenvalue weighted by Gasteiger charge is 2.35. The molecule has 5 nitrogen and oxygen atoms in total. The molecule has 0 amide bonds. The average Bonchev–Trinajstić information content (AvgIpc) is 4.21. The van der Waals surface area contributed by atoms with Crippen molar-refractivity contribution < 1.29 is 40.1 Å². The van der Waals surface area contributed by atoms with E-state index in [1.165, 1.54) is 0 Å². The number of furan rings is 1. The van der Waals surface area contributed by atoms with Gasteiger partial charge in [0.05, 0.1) is 47.3 Å². The normalized spacial score (nSPS) is 19.2. The molecule has 7 aromatic carbocycles. The highest BCUT2D eigenvalue weighted by molar-refractivity contribution is 6.03. The summed E-state index contributed by atoms with van der Waals surface area (Å²) in [5.74, 6) is -1.73. The van der Waals surface area contributed by atoms with Gasteiger partial charge in [0.2, 0.25) is 0 Å². The topological polar surface area (TPSA) is 45.4 Å². The molecule has 0 bridgehead atoms. The minimum atomic E-state index is -1.73. The van der Waals surface area contributed by atoms with E-state index in [9.17, 15) is 8.22 Å². The Labute approximate surface area is 338 Å². The molecule has 0 fully saturated rings. The Morgan fingerprint density at radius 1 is 0.500 bits per heavy atom. The van der Waals surface area contributed by atoms with Crippen LogP contribution in [0.5, 0.6) is 0 Å². The Kier molecular flexibility index (Phi) is 3.25. The predicted octanol–water partition coefficient (Wildman–Crippen LogP) is 12.5. The van der Waals surface area contributed by atoms with E-state index in [4.69, 9.17) is 31.8 Å². The average molecular weight is 695 g/mol. The number of aromatic nitrogens is 2. The second kappa shape index (κ2) is 12.4. The van der Waals surface area contributed by atoms with Crippen LogP contribution in [-0.4, -0.2) is 9.97 Å². The lowest BCUT2D eigenvalue weighted by Gasteiger charge is -2.27. The molecular formula is C47H32N4O. The first-order valence-corrected chi connectivity index (χ1v) is 15.4. The molecule has 0 aliphatic heterocycles. The van der Waals surface area contributed by atoms with Crippen LogP contribution in [0.2, 0.25) is 0 Å². The van der Waals surface area contributed by atoms with Crippen molar-refractivity contribution in [2.75, 3.05) is 9.80 Å². The Balaban J connectivity index is 1.45. The van der Waals surface area contributed by atoms with Crippen molar-refractivity contribution in [2.24, 2.45) is 0 Å². The first-order valence-electron chi connectivity index (χ1n) is 28.4. The molecule has 0 atom stereocenters. The van der Waals surface area contributed by atoms with Gasteiger partial charge in [-0.2, -0.15) is 0 Å². The minimum absolute atomic E-state index is 0.0923. The zero-order chi connectivity index (χ0) is 57.1. The Morgan fingerprint density at radius 3 is 1.44 bits per heavy atom. The van der Waals surface area contributed by atoms with Crippen molar-refractivity contribution in [3.05, 3.63) is 205 Å². The number of hydrogen-bond acceptors (Lipinski definition) is 5. The van der Waals surface area contributed by atoms with Crippen LogP contribution in [0.1, 0.15) is 58.4 Å². The smallest absolute Gasteiger partial charge is 0.176 e. The van der Waals surface area contributed by atoms with Crippen molar-refractivity contribution in [1.82, 2.24) is 9.97 Å². The molecule has 0 N–H and O–H groups in total. The maximum Gasteiger partial charge on any atom is 0.176 e. The van der Waals surface area contributed by atoms with Crippen LogP contribution in [0.4, 0.5) is 34.1 Å². The summed E-state index contributed by atoms with van der Waals surface area (Å²) in [6.45, 7) is 0. The summed E-state index contributed by atoms with van der Waals surface area (Å²) in [6.07, 6.45) is 1.09. The van der Waals surface area contributed by atoms with E-state index in [1.807, 2.05) is 0 Å². The fraction of sp³-hybridized carbons (Fsp3) is 0.0213. The molecule has 0 radical (unpaired) electrons. The SMILES string of the molecule is [2H]c1c([2H])c([2H])c(N(c2c([2H])c([2H])c([2H])c([2H])c2[2H])c2c([2H])c([2H])c3c(c2[2H])-c2c([2H])c(N(c4c([2H])c([2H])c([2H])c([2H])c4[2H])c4c([2H])c([2H])c([2H])c([2H])c4[2H])c([2H])c([2H])c2C3c2ncnc3c2oc2ccccc23)c([2H])c1[2H]. The fourth-order valence-corrected chi connectivity index (χ4v) is 6.12. The standard InChI is InChI=1S/C47H32N4O/c1-5-15-32(16-6-1)50(33-17-7-2-8-18-33)36-25-27-38-41(29-36)42-30-37(51(34-19-9-3-10-20-34)35-21-11-4-12-22-35)26-28-39(42)44(38)46-47-45(48-31-49-46)40-23-13-14-24-43(40)52-47/h1-31,44H/i1D,2D,3D,4D,5D,6D,7D,8D,9D,10D,11D,12D,15D,16D,17D,18D,19D,20D,21D,22D,25D,26D,27D,28D,29D,30D. The molecule has 0 saturated heterocycles. The second-order valence-corrected chi connectivity index (χ2v) is 11.1. The molecule has 246 valence electrons. The van der Waals surface area contributed by atoms with Crippen molar-refractivity contribution >= 4 is 56.2 Å². The van der Waals surface area contributed by atoms with Gasteiger partial charge in [-0.3, -0.25) is 0 Å². The fourth-order valence-electron chi connectivity index (χ4n) is 6.12. The van der Waals surface area contributed by atoms with E-state index in [-0.39, 0.29) is 22.4 Å². The summed E-state index contributed by atoms with van der Waals surface area (Å²) >= 11 is 0. The molecule has 0 saturated carbocycles. The van der Waals surface area contributed by atoms with Gasteiger partial charge in [-0.1, -0.05) is 96.7 Å². The minimum Gasteiger partial charge on any atom is -0.452 e. The van der Waals surface area contributed by atoms with E-state index in [2.05, 4.69) is 9.97 Å². The molecular weight excluding hydrogens is 637 g/mol. The Bertz CT molecular complexity index is 3760. The third-order valence-corrected chi connectivity index (χ3v) is 8.23. The quantitative estimate of drug-likeness (QED) is 0.166. The second-order valence-electron chi connectivity index (χ2n) is 11.1. The van der Waals surface area contributed by atoms with E-state index in [0.717, 1.165) is 6.33 Å². The number of nitrogens with zero attached hydrogens (tertiary/aromatic N) is 4. The largest absolute Gasteiger partial charge is 0.452 e. The lowest BCUT2D eigenvalue weighted by molar-refractivity contribution is 0.655. The van der Waals surface area contributed by atoms with Crippen LogP contribution in [0.25, 0.3) is 33.2 Å². The van der Waals surface area contributed by atoms with Gasteiger partial charge in [0.1, 0.15) is 17.4 Å². The van der Waals surface area contributed by atoms with Crippen LogP contribution in [0.15, 0.2) is 192 Å². The molecule has 2 aromatic heterocycles. The van der Waals surface area contributed by atoms with Gasteiger partial charge < -0.3 is 14.2 Å². The van der Waals surface area contributed by atoms with Crippen molar-refractivity contribution in [3.63, 3.8) is 0 Å². The van der Waals surface area contributed by atoms with Crippen molar-refractivity contribution in [3.8, 4) is 11.1 Å². The van der Waals surface area contributed by atoms with Gasteiger partial charge in [0.25, 0.3) is 0 Å². The van der Waals surface area contributed by atoms with Gasteiger partial charge in [0, 0.05) is 39.5 Å². The lowest BCUT2D eigenvalue weighted by Crippen LogP contribution is -2.10. The van der Waals surface area contributed by atoms with Crippen molar-refractivity contribution in [1.29, 1.82) is 0 Å². The van der Waals surface area contributed by atoms with Crippen LogP contribution >= 0.6 is 0 Å². The molecule has 52 heavy (non-hydrogen) atoms. The molecule has 9 aromatic rings. The monoisotopic (exact) mass is 694 g/mol. The zero-order valence-corrected chi connectivity index (χ0v) is 26.2. The predicted molar refractivity (Wildman–Crippen MR) is 211 cm³/mol. The summed E-state index contributed by atoms with van der Waals surface area (Å²) in [7, 11) is 0. The van der Waals surface area contributed by atoms with E-state index in [0.29, 0.717) is 15.2 Å². The van der Waals surface area contributed by atoms with Crippen LogP contribution in [0, 0.1) is 0 Å². The number of para-hydroxylation sites is 5. The summed E-state index contributed by atoms with van der Waals surface area (Å²) < 4.78 is 241. The van der Waals surface area contributed by atoms with E-state index < -0.39 is 219 Å². The van der Waals surface area contributed by atoms with Crippen LogP contribution in [-0.2, 0) is 0 Å². The number of hydrogen-bond donors (Lipinski definition) is 0. The third kappa shape index (κ3) is 4.94. The number of anilines is 6. The van der Waals surface area contributed by atoms with Gasteiger partial charge in [0.15, 0.2) is 5.58 Å². The van der Waals surface area contributed by atoms with E-state index >= 15 is 0 Å². The molecule has 1 aliphatic rings. The zero-order valence-electron chi connectivity index (χ0n) is 52.2. The molecule has 10 rings (SSSR count). The first kappa shape index (κ1) is 13.6. The molecule has 2 heterocycles. The number of benzene rings is 7.